The van der Waals surface area contributed by atoms with Crippen molar-refractivity contribution in [2.24, 2.45) is 0 Å². The Kier molecular flexibility index (Phi) is 6.84. The number of carbonyl (C=O) groups excluding carboxylic acids is 1. The largest absolute Gasteiger partial charge is 0.513 e. The van der Waals surface area contributed by atoms with Crippen molar-refractivity contribution in [1.29, 1.82) is 0 Å². The number of para-hydroxylation sites is 2. The average molecular weight is 476 g/mol. The Hall–Kier alpha value is -3.84. The first-order chi connectivity index (χ1) is 16.3. The number of aromatic nitrogens is 1. The van der Waals surface area contributed by atoms with Gasteiger partial charge in [0, 0.05) is 24.1 Å². The normalized spacial score (nSPS) is 11.2. The summed E-state index contributed by atoms with van der Waals surface area (Å²) >= 11 is 0. The van der Waals surface area contributed by atoms with Crippen LogP contribution in [0, 0.1) is 6.92 Å². The predicted molar refractivity (Wildman–Crippen MR) is 131 cm³/mol. The van der Waals surface area contributed by atoms with Crippen LogP contribution in [0.4, 0.5) is 4.79 Å². The van der Waals surface area contributed by atoms with Gasteiger partial charge in [-0.1, -0.05) is 48.5 Å². The lowest BCUT2D eigenvalue weighted by Gasteiger charge is -2.13. The van der Waals surface area contributed by atoms with Gasteiger partial charge in [0.15, 0.2) is 9.84 Å². The highest BCUT2D eigenvalue weighted by molar-refractivity contribution is 7.90. The Labute approximate surface area is 199 Å². The predicted octanol–water partition coefficient (Wildman–Crippen LogP) is 5.61. The van der Waals surface area contributed by atoms with Gasteiger partial charge in [-0.3, -0.25) is 0 Å². The van der Waals surface area contributed by atoms with Crippen LogP contribution in [-0.2, 0) is 21.0 Å². The lowest BCUT2D eigenvalue weighted by Crippen LogP contribution is -2.12. The first kappa shape index (κ1) is 23.3. The molecule has 34 heavy (non-hydrogen) atoms. The van der Waals surface area contributed by atoms with E-state index in [1.807, 2.05) is 61.5 Å². The highest BCUT2D eigenvalue weighted by Gasteiger charge is 2.17. The molecule has 3 aromatic carbocycles. The van der Waals surface area contributed by atoms with Crippen molar-refractivity contribution in [2.75, 3.05) is 12.9 Å². The van der Waals surface area contributed by atoms with Crippen LogP contribution >= 0.6 is 0 Å². The van der Waals surface area contributed by atoms with E-state index in [0.717, 1.165) is 28.2 Å². The minimum atomic E-state index is -3.28. The highest BCUT2D eigenvalue weighted by Crippen LogP contribution is 2.30. The van der Waals surface area contributed by atoms with Crippen molar-refractivity contribution >= 4 is 16.0 Å². The molecule has 0 saturated carbocycles. The van der Waals surface area contributed by atoms with E-state index in [2.05, 4.69) is 4.57 Å². The summed E-state index contributed by atoms with van der Waals surface area (Å²) in [5.41, 5.74) is 4.81. The molecule has 0 saturated heterocycles. The molecule has 1 aromatic heterocycles. The number of rotatable bonds is 7. The van der Waals surface area contributed by atoms with Crippen LogP contribution in [0.25, 0.3) is 16.9 Å². The quantitative estimate of drug-likeness (QED) is 0.256. The summed E-state index contributed by atoms with van der Waals surface area (Å²) in [6, 6.07) is 27.6. The summed E-state index contributed by atoms with van der Waals surface area (Å²) in [7, 11) is -3.28. The Morgan fingerprint density at radius 2 is 1.50 bits per heavy atom. The standard InChI is InChI=1S/C27H25NO5S/c1-20-22(17-18-32-27(29)33-24-11-7-4-8-12-24)19-26(28(20)23-9-5-3-6-10-23)21-13-15-25(16-14-21)34(2,30)31/h3-16,19H,17-18H2,1-2H3. The Morgan fingerprint density at radius 1 is 0.882 bits per heavy atom. The molecule has 174 valence electrons. The van der Waals surface area contributed by atoms with E-state index >= 15 is 0 Å². The molecule has 0 aliphatic heterocycles. The van der Waals surface area contributed by atoms with Gasteiger partial charge in [-0.2, -0.15) is 0 Å². The number of ether oxygens (including phenoxy) is 2. The molecule has 0 atom stereocenters. The summed E-state index contributed by atoms with van der Waals surface area (Å²) in [6.45, 7) is 2.18. The second kappa shape index (κ2) is 9.97. The summed E-state index contributed by atoms with van der Waals surface area (Å²) in [5.74, 6) is 0.429. The summed E-state index contributed by atoms with van der Waals surface area (Å²) < 4.78 is 36.3. The lowest BCUT2D eigenvalue weighted by molar-refractivity contribution is 0.100. The molecule has 0 fully saturated rings. The van der Waals surface area contributed by atoms with Crippen LogP contribution in [-0.4, -0.2) is 32.0 Å². The third-order valence-electron chi connectivity index (χ3n) is 5.48. The molecule has 0 N–H and O–H groups in total. The molecule has 6 nitrogen and oxygen atoms in total. The molecule has 0 bridgehead atoms. The van der Waals surface area contributed by atoms with Crippen molar-refractivity contribution in [2.45, 2.75) is 18.2 Å². The molecule has 0 amide bonds. The third kappa shape index (κ3) is 5.38. The number of hydrogen-bond acceptors (Lipinski definition) is 5. The van der Waals surface area contributed by atoms with Crippen LogP contribution in [0.1, 0.15) is 11.3 Å². The maximum atomic E-state index is 12.0. The van der Waals surface area contributed by atoms with Crippen LogP contribution < -0.4 is 4.74 Å². The van der Waals surface area contributed by atoms with Crippen molar-refractivity contribution in [3.8, 4) is 22.7 Å². The highest BCUT2D eigenvalue weighted by atomic mass is 32.2. The lowest BCUT2D eigenvalue weighted by atomic mass is 10.1. The van der Waals surface area contributed by atoms with E-state index in [9.17, 15) is 13.2 Å². The zero-order valence-corrected chi connectivity index (χ0v) is 19.8. The smallest absolute Gasteiger partial charge is 0.434 e. The van der Waals surface area contributed by atoms with Crippen LogP contribution in [0.3, 0.4) is 0 Å². The molecule has 0 radical (unpaired) electrons. The fraction of sp³-hybridized carbons (Fsp3) is 0.148. The fourth-order valence-corrected chi connectivity index (χ4v) is 4.40. The van der Waals surface area contributed by atoms with Crippen LogP contribution in [0.2, 0.25) is 0 Å². The fourth-order valence-electron chi connectivity index (χ4n) is 3.77. The topological polar surface area (TPSA) is 74.6 Å². The number of nitrogens with zero attached hydrogens (tertiary/aromatic N) is 1. The van der Waals surface area contributed by atoms with Crippen molar-refractivity contribution < 1.29 is 22.7 Å². The van der Waals surface area contributed by atoms with Crippen LogP contribution in [0.5, 0.6) is 5.75 Å². The molecule has 4 rings (SSSR count). The van der Waals surface area contributed by atoms with Gasteiger partial charge in [0.1, 0.15) is 5.75 Å². The Bertz CT molecular complexity index is 1380. The molecular formula is C27H25NO5S. The number of hydrogen-bond donors (Lipinski definition) is 0. The second-order valence-electron chi connectivity index (χ2n) is 7.87. The molecule has 4 aromatic rings. The number of benzene rings is 3. The summed E-state index contributed by atoms with van der Waals surface area (Å²) in [4.78, 5) is 12.3. The van der Waals surface area contributed by atoms with Crippen molar-refractivity contribution in [3.63, 3.8) is 0 Å². The Balaban J connectivity index is 1.58. The molecule has 1 heterocycles. The van der Waals surface area contributed by atoms with Crippen molar-refractivity contribution in [3.05, 3.63) is 102 Å². The average Bonchev–Trinajstić information content (AvgIpc) is 3.16. The minimum Gasteiger partial charge on any atom is -0.434 e. The second-order valence-corrected chi connectivity index (χ2v) is 9.89. The van der Waals surface area contributed by atoms with Gasteiger partial charge in [-0.25, -0.2) is 13.2 Å². The van der Waals surface area contributed by atoms with E-state index in [1.165, 1.54) is 6.26 Å². The van der Waals surface area contributed by atoms with E-state index in [1.54, 1.807) is 36.4 Å². The van der Waals surface area contributed by atoms with Crippen LogP contribution in [0.15, 0.2) is 95.9 Å². The van der Waals surface area contributed by atoms with Gasteiger partial charge in [0.05, 0.1) is 17.2 Å². The third-order valence-corrected chi connectivity index (χ3v) is 6.61. The molecule has 0 unspecified atom stereocenters. The number of sulfone groups is 1. The first-order valence-corrected chi connectivity index (χ1v) is 12.7. The van der Waals surface area contributed by atoms with E-state index in [-0.39, 0.29) is 11.5 Å². The molecule has 0 aliphatic carbocycles. The van der Waals surface area contributed by atoms with Gasteiger partial charge in [0.2, 0.25) is 0 Å². The molecule has 7 heteroatoms. The summed E-state index contributed by atoms with van der Waals surface area (Å²) in [5, 5.41) is 0. The maximum Gasteiger partial charge on any atom is 0.513 e. The van der Waals surface area contributed by atoms with Gasteiger partial charge in [-0.05, 0) is 60.5 Å². The van der Waals surface area contributed by atoms with Gasteiger partial charge < -0.3 is 14.0 Å². The van der Waals surface area contributed by atoms with E-state index in [0.29, 0.717) is 12.2 Å². The van der Waals surface area contributed by atoms with Gasteiger partial charge >= 0.3 is 6.16 Å². The first-order valence-electron chi connectivity index (χ1n) is 10.8. The zero-order chi connectivity index (χ0) is 24.1. The summed E-state index contributed by atoms with van der Waals surface area (Å²) in [6.07, 6.45) is 0.951. The van der Waals surface area contributed by atoms with Gasteiger partial charge in [0.25, 0.3) is 0 Å². The van der Waals surface area contributed by atoms with E-state index < -0.39 is 16.0 Å². The van der Waals surface area contributed by atoms with Gasteiger partial charge in [-0.15, -0.1) is 0 Å². The number of carbonyl (C=O) groups is 1. The maximum absolute atomic E-state index is 12.0. The molecule has 0 aliphatic rings. The van der Waals surface area contributed by atoms with E-state index in [4.69, 9.17) is 9.47 Å². The Morgan fingerprint density at radius 3 is 2.12 bits per heavy atom. The monoisotopic (exact) mass is 475 g/mol. The minimum absolute atomic E-state index is 0.164. The zero-order valence-electron chi connectivity index (χ0n) is 19.0. The molecule has 0 spiro atoms. The molecular weight excluding hydrogens is 450 g/mol. The van der Waals surface area contributed by atoms with Crippen molar-refractivity contribution in [1.82, 2.24) is 4.57 Å². The SMILES string of the molecule is Cc1c(CCOC(=O)Oc2ccccc2)cc(-c2ccc(S(C)(=O)=O)cc2)n1-c1ccccc1.